The molecule has 5 heteroatoms. The number of amidine groups is 1. The molecule has 2 aromatic rings. The van der Waals surface area contributed by atoms with E-state index in [1.54, 1.807) is 0 Å². The third-order valence-corrected chi connectivity index (χ3v) is 2.81. The summed E-state index contributed by atoms with van der Waals surface area (Å²) in [4.78, 5) is 0. The fraction of sp³-hybridized carbons (Fsp3) is 0.214. The molecule has 2 rings (SSSR count). The van der Waals surface area contributed by atoms with Crippen molar-refractivity contribution >= 4 is 5.84 Å². The lowest BCUT2D eigenvalue weighted by molar-refractivity contribution is 0.318. The molecule has 0 aliphatic heterocycles. The van der Waals surface area contributed by atoms with Crippen molar-refractivity contribution < 1.29 is 9.62 Å². The van der Waals surface area contributed by atoms with Crippen LogP contribution in [0.15, 0.2) is 46.0 Å². The summed E-state index contributed by atoms with van der Waals surface area (Å²) in [5.74, 6) is 1.90. The highest BCUT2D eigenvalue weighted by Crippen LogP contribution is 2.10. The lowest BCUT2D eigenvalue weighted by Gasteiger charge is -2.08. The van der Waals surface area contributed by atoms with Crippen LogP contribution >= 0.6 is 0 Å². The van der Waals surface area contributed by atoms with Gasteiger partial charge in [-0.15, -0.1) is 0 Å². The molecule has 0 atom stereocenters. The molecule has 0 amide bonds. The van der Waals surface area contributed by atoms with Gasteiger partial charge in [-0.25, -0.2) is 0 Å². The van der Waals surface area contributed by atoms with E-state index in [1.165, 1.54) is 0 Å². The van der Waals surface area contributed by atoms with E-state index >= 15 is 0 Å². The minimum Gasteiger partial charge on any atom is -0.465 e. The van der Waals surface area contributed by atoms with Crippen molar-refractivity contribution in [1.82, 2.24) is 5.32 Å². The summed E-state index contributed by atoms with van der Waals surface area (Å²) in [5.41, 5.74) is 7.34. The fourth-order valence-corrected chi connectivity index (χ4v) is 1.88. The number of oxime groups is 1. The molecule has 19 heavy (non-hydrogen) atoms. The first-order valence-corrected chi connectivity index (χ1v) is 6.02. The van der Waals surface area contributed by atoms with Crippen LogP contribution in [0.3, 0.4) is 0 Å². The first-order valence-electron chi connectivity index (χ1n) is 6.02. The van der Waals surface area contributed by atoms with Crippen molar-refractivity contribution in [1.29, 1.82) is 0 Å². The van der Waals surface area contributed by atoms with Crippen molar-refractivity contribution in [2.75, 3.05) is 0 Å². The topological polar surface area (TPSA) is 83.8 Å². The Kier molecular flexibility index (Phi) is 4.20. The standard InChI is InChI=1S/C14H17N3O2/c1-10-6-7-12(19-10)9-16-8-11-4-2-3-5-13(11)14(15)17-18/h2-7,16,18H,8-9H2,1H3,(H2,15,17). The summed E-state index contributed by atoms with van der Waals surface area (Å²) < 4.78 is 5.47. The van der Waals surface area contributed by atoms with Crippen molar-refractivity contribution in [2.24, 2.45) is 10.9 Å². The number of nitrogens with zero attached hydrogens (tertiary/aromatic N) is 1. The molecule has 0 aliphatic carbocycles. The molecule has 0 saturated carbocycles. The fourth-order valence-electron chi connectivity index (χ4n) is 1.88. The minimum absolute atomic E-state index is 0.117. The molecule has 0 radical (unpaired) electrons. The number of nitrogens with two attached hydrogens (primary N) is 1. The van der Waals surface area contributed by atoms with Gasteiger partial charge >= 0.3 is 0 Å². The molecule has 1 heterocycles. The summed E-state index contributed by atoms with van der Waals surface area (Å²) >= 11 is 0. The first kappa shape index (κ1) is 13.2. The van der Waals surface area contributed by atoms with Gasteiger partial charge in [0.1, 0.15) is 11.5 Å². The Morgan fingerprint density at radius 2 is 2.05 bits per heavy atom. The third-order valence-electron chi connectivity index (χ3n) is 2.81. The molecule has 4 N–H and O–H groups in total. The van der Waals surface area contributed by atoms with Crippen LogP contribution in [0.1, 0.15) is 22.6 Å². The molecule has 1 aromatic carbocycles. The Balaban J connectivity index is 2.00. The highest BCUT2D eigenvalue weighted by molar-refractivity contribution is 5.98. The van der Waals surface area contributed by atoms with Gasteiger partial charge in [-0.05, 0) is 24.6 Å². The van der Waals surface area contributed by atoms with Crippen molar-refractivity contribution in [2.45, 2.75) is 20.0 Å². The number of benzene rings is 1. The molecule has 5 nitrogen and oxygen atoms in total. The Morgan fingerprint density at radius 1 is 1.26 bits per heavy atom. The molecule has 0 unspecified atom stereocenters. The molecule has 100 valence electrons. The van der Waals surface area contributed by atoms with Gasteiger partial charge in [-0.2, -0.15) is 0 Å². The number of nitrogens with one attached hydrogen (secondary N) is 1. The zero-order valence-corrected chi connectivity index (χ0v) is 10.8. The average Bonchev–Trinajstić information content (AvgIpc) is 2.84. The van der Waals surface area contributed by atoms with Gasteiger partial charge in [0.05, 0.1) is 6.54 Å². The zero-order chi connectivity index (χ0) is 13.7. The summed E-state index contributed by atoms with van der Waals surface area (Å²) in [6.07, 6.45) is 0. The largest absolute Gasteiger partial charge is 0.465 e. The smallest absolute Gasteiger partial charge is 0.170 e. The van der Waals surface area contributed by atoms with Crippen molar-refractivity contribution in [3.63, 3.8) is 0 Å². The van der Waals surface area contributed by atoms with E-state index in [4.69, 9.17) is 15.4 Å². The lowest BCUT2D eigenvalue weighted by atomic mass is 10.1. The molecule has 0 aliphatic rings. The molecule has 0 saturated heterocycles. The van der Waals surface area contributed by atoms with Gasteiger partial charge in [0, 0.05) is 12.1 Å². The lowest BCUT2D eigenvalue weighted by Crippen LogP contribution is -2.19. The van der Waals surface area contributed by atoms with Crippen LogP contribution < -0.4 is 11.1 Å². The third kappa shape index (κ3) is 3.35. The molecule has 0 bridgehead atoms. The normalized spacial score (nSPS) is 11.7. The van der Waals surface area contributed by atoms with Crippen molar-refractivity contribution in [3.05, 3.63) is 59.0 Å². The SMILES string of the molecule is Cc1ccc(CNCc2ccccc2C(N)=NO)o1. The van der Waals surface area contributed by atoms with Gasteiger partial charge in [-0.1, -0.05) is 29.4 Å². The monoisotopic (exact) mass is 259 g/mol. The van der Waals surface area contributed by atoms with E-state index in [9.17, 15) is 0 Å². The highest BCUT2D eigenvalue weighted by atomic mass is 16.4. The highest BCUT2D eigenvalue weighted by Gasteiger charge is 2.06. The summed E-state index contributed by atoms with van der Waals surface area (Å²) in [7, 11) is 0. The molecule has 0 fully saturated rings. The van der Waals surface area contributed by atoms with E-state index in [-0.39, 0.29) is 5.84 Å². The first-order chi connectivity index (χ1) is 9.20. The second kappa shape index (κ2) is 6.06. The van der Waals surface area contributed by atoms with E-state index < -0.39 is 0 Å². The van der Waals surface area contributed by atoms with E-state index in [0.717, 1.165) is 22.6 Å². The maximum absolute atomic E-state index is 8.75. The molecule has 0 spiro atoms. The van der Waals surface area contributed by atoms with Crippen LogP contribution in [-0.2, 0) is 13.1 Å². The molecule has 1 aromatic heterocycles. The van der Waals surface area contributed by atoms with Crippen LogP contribution in [0.5, 0.6) is 0 Å². The van der Waals surface area contributed by atoms with Gasteiger partial charge in [0.15, 0.2) is 5.84 Å². The van der Waals surface area contributed by atoms with E-state index in [1.807, 2.05) is 43.3 Å². The summed E-state index contributed by atoms with van der Waals surface area (Å²) in [6, 6.07) is 11.4. The zero-order valence-electron chi connectivity index (χ0n) is 10.8. The van der Waals surface area contributed by atoms with Gasteiger partial charge in [0.2, 0.25) is 0 Å². The number of hydrogen-bond donors (Lipinski definition) is 3. The minimum atomic E-state index is 0.117. The number of furan rings is 1. The number of rotatable bonds is 5. The Labute approximate surface area is 111 Å². The molecular formula is C14H17N3O2. The second-order valence-electron chi connectivity index (χ2n) is 4.26. The predicted molar refractivity (Wildman–Crippen MR) is 72.9 cm³/mol. The van der Waals surface area contributed by atoms with Gasteiger partial charge in [0.25, 0.3) is 0 Å². The van der Waals surface area contributed by atoms with E-state index in [0.29, 0.717) is 13.1 Å². The van der Waals surface area contributed by atoms with E-state index in [2.05, 4.69) is 10.5 Å². The van der Waals surface area contributed by atoms with Crippen molar-refractivity contribution in [3.8, 4) is 0 Å². The van der Waals surface area contributed by atoms with Crippen LogP contribution in [0.2, 0.25) is 0 Å². The quantitative estimate of drug-likeness (QED) is 0.332. The number of hydrogen-bond acceptors (Lipinski definition) is 4. The maximum Gasteiger partial charge on any atom is 0.170 e. The maximum atomic E-state index is 8.75. The summed E-state index contributed by atoms with van der Waals surface area (Å²) in [5, 5.41) is 15.0. The average molecular weight is 259 g/mol. The Morgan fingerprint density at radius 3 is 2.74 bits per heavy atom. The number of aryl methyl sites for hydroxylation is 1. The van der Waals surface area contributed by atoms with Gasteiger partial charge < -0.3 is 20.7 Å². The summed E-state index contributed by atoms with van der Waals surface area (Å²) in [6.45, 7) is 3.17. The Hall–Kier alpha value is -2.27. The van der Waals surface area contributed by atoms with Crippen LogP contribution in [-0.4, -0.2) is 11.0 Å². The Bertz CT molecular complexity index is 576. The van der Waals surface area contributed by atoms with Crippen LogP contribution in [0.25, 0.3) is 0 Å². The van der Waals surface area contributed by atoms with Gasteiger partial charge in [-0.3, -0.25) is 0 Å². The predicted octanol–water partition coefficient (Wildman–Crippen LogP) is 1.97. The second-order valence-corrected chi connectivity index (χ2v) is 4.26. The van der Waals surface area contributed by atoms with Crippen LogP contribution in [0.4, 0.5) is 0 Å². The van der Waals surface area contributed by atoms with Crippen LogP contribution in [0, 0.1) is 6.92 Å². The molecular weight excluding hydrogens is 242 g/mol.